The standard InChI is InChI=1S/C16H20F4N2O2/c17-12-5-3-11(4-6-12)14(10-16(18,19)20)22-15(23)21-13-2-1-8-24-9-7-13/h3-6,13-14H,1-2,7-10H2,(H2,21,22,23)/t13-,14-/m1/s1. The Bertz CT molecular complexity index is 526. The Morgan fingerprint density at radius 1 is 1.21 bits per heavy atom. The van der Waals surface area contributed by atoms with Crippen molar-refractivity contribution in [1.82, 2.24) is 10.6 Å². The van der Waals surface area contributed by atoms with Crippen molar-refractivity contribution < 1.29 is 27.1 Å². The fraction of sp³-hybridized carbons (Fsp3) is 0.562. The molecule has 0 bridgehead atoms. The number of amides is 2. The summed E-state index contributed by atoms with van der Waals surface area (Å²) in [6.07, 6.45) is -3.56. The van der Waals surface area contributed by atoms with Crippen molar-refractivity contribution >= 4 is 6.03 Å². The van der Waals surface area contributed by atoms with Crippen LogP contribution < -0.4 is 10.6 Å². The lowest BCUT2D eigenvalue weighted by atomic mass is 10.0. The highest BCUT2D eigenvalue weighted by molar-refractivity contribution is 5.74. The van der Waals surface area contributed by atoms with Gasteiger partial charge < -0.3 is 15.4 Å². The van der Waals surface area contributed by atoms with Crippen LogP contribution in [0.5, 0.6) is 0 Å². The molecule has 2 rings (SSSR count). The fourth-order valence-electron chi connectivity index (χ4n) is 2.61. The van der Waals surface area contributed by atoms with Crippen LogP contribution in [0.2, 0.25) is 0 Å². The summed E-state index contributed by atoms with van der Waals surface area (Å²) in [5, 5.41) is 5.03. The Hall–Kier alpha value is -1.83. The predicted molar refractivity (Wildman–Crippen MR) is 79.9 cm³/mol. The first-order valence-corrected chi connectivity index (χ1v) is 7.80. The monoisotopic (exact) mass is 348 g/mol. The minimum absolute atomic E-state index is 0.132. The third-order valence-corrected chi connectivity index (χ3v) is 3.80. The van der Waals surface area contributed by atoms with Gasteiger partial charge in [0.15, 0.2) is 0 Å². The van der Waals surface area contributed by atoms with E-state index in [0.717, 1.165) is 18.6 Å². The molecular weight excluding hydrogens is 328 g/mol. The first-order valence-electron chi connectivity index (χ1n) is 7.80. The third kappa shape index (κ3) is 6.35. The van der Waals surface area contributed by atoms with Gasteiger partial charge in [-0.1, -0.05) is 12.1 Å². The van der Waals surface area contributed by atoms with E-state index in [1.807, 2.05) is 0 Å². The van der Waals surface area contributed by atoms with E-state index in [9.17, 15) is 22.4 Å². The van der Waals surface area contributed by atoms with Crippen molar-refractivity contribution in [2.75, 3.05) is 13.2 Å². The van der Waals surface area contributed by atoms with Crippen LogP contribution in [0, 0.1) is 5.82 Å². The summed E-state index contributed by atoms with van der Waals surface area (Å²) in [5.41, 5.74) is 0.202. The second-order valence-corrected chi connectivity index (χ2v) is 5.78. The first kappa shape index (κ1) is 18.5. The van der Waals surface area contributed by atoms with E-state index in [1.165, 1.54) is 12.1 Å². The number of carbonyl (C=O) groups excluding carboxylic acids is 1. The lowest BCUT2D eigenvalue weighted by Crippen LogP contribution is -2.44. The Morgan fingerprint density at radius 2 is 1.92 bits per heavy atom. The van der Waals surface area contributed by atoms with Crippen LogP contribution in [0.15, 0.2) is 24.3 Å². The molecule has 0 aromatic heterocycles. The summed E-state index contributed by atoms with van der Waals surface area (Å²) in [6, 6.07) is 2.55. The maximum Gasteiger partial charge on any atom is 0.391 e. The maximum absolute atomic E-state index is 13.0. The molecule has 1 aromatic carbocycles. The molecule has 4 nitrogen and oxygen atoms in total. The van der Waals surface area contributed by atoms with Gasteiger partial charge in [0.05, 0.1) is 12.5 Å². The summed E-state index contributed by atoms with van der Waals surface area (Å²) < 4.78 is 56.6. The molecule has 0 unspecified atom stereocenters. The van der Waals surface area contributed by atoms with Gasteiger partial charge in [-0.3, -0.25) is 0 Å². The Morgan fingerprint density at radius 3 is 2.58 bits per heavy atom. The molecule has 1 aliphatic rings. The third-order valence-electron chi connectivity index (χ3n) is 3.80. The molecule has 0 aliphatic carbocycles. The number of hydrogen-bond acceptors (Lipinski definition) is 2. The first-order chi connectivity index (χ1) is 11.3. The fourth-order valence-corrected chi connectivity index (χ4v) is 2.61. The van der Waals surface area contributed by atoms with Gasteiger partial charge in [0.25, 0.3) is 0 Å². The highest BCUT2D eigenvalue weighted by Crippen LogP contribution is 2.29. The number of alkyl halides is 3. The van der Waals surface area contributed by atoms with Crippen LogP contribution in [0.3, 0.4) is 0 Å². The van der Waals surface area contributed by atoms with E-state index in [1.54, 1.807) is 0 Å². The van der Waals surface area contributed by atoms with Gasteiger partial charge in [-0.25, -0.2) is 9.18 Å². The minimum Gasteiger partial charge on any atom is -0.381 e. The number of urea groups is 1. The normalized spacial score (nSPS) is 20.1. The van der Waals surface area contributed by atoms with Crippen molar-refractivity contribution in [3.63, 3.8) is 0 Å². The topological polar surface area (TPSA) is 50.4 Å². The van der Waals surface area contributed by atoms with E-state index in [2.05, 4.69) is 10.6 Å². The average molecular weight is 348 g/mol. The number of hydrogen-bond donors (Lipinski definition) is 2. The van der Waals surface area contributed by atoms with Crippen molar-refractivity contribution in [2.45, 2.75) is 43.9 Å². The van der Waals surface area contributed by atoms with Gasteiger partial charge in [-0.2, -0.15) is 13.2 Å². The Balaban J connectivity index is 2.01. The molecule has 1 aromatic rings. The van der Waals surface area contributed by atoms with E-state index < -0.39 is 30.5 Å². The van der Waals surface area contributed by atoms with Crippen LogP contribution >= 0.6 is 0 Å². The van der Waals surface area contributed by atoms with E-state index in [4.69, 9.17) is 4.74 Å². The van der Waals surface area contributed by atoms with Gasteiger partial charge in [0, 0.05) is 19.3 Å². The molecule has 8 heteroatoms. The lowest BCUT2D eigenvalue weighted by Gasteiger charge is -2.23. The molecule has 0 radical (unpaired) electrons. The van der Waals surface area contributed by atoms with Crippen LogP contribution in [-0.2, 0) is 4.74 Å². The van der Waals surface area contributed by atoms with E-state index in [-0.39, 0.29) is 11.6 Å². The molecule has 0 saturated carbocycles. The zero-order valence-electron chi connectivity index (χ0n) is 13.0. The molecule has 0 spiro atoms. The summed E-state index contributed by atoms with van der Waals surface area (Å²) in [4.78, 5) is 12.1. The summed E-state index contributed by atoms with van der Waals surface area (Å²) in [7, 11) is 0. The van der Waals surface area contributed by atoms with Crippen LogP contribution in [0.1, 0.15) is 37.3 Å². The molecule has 1 heterocycles. The lowest BCUT2D eigenvalue weighted by molar-refractivity contribution is -0.139. The van der Waals surface area contributed by atoms with Crippen LogP contribution in [-0.4, -0.2) is 31.5 Å². The van der Waals surface area contributed by atoms with Gasteiger partial charge in [-0.05, 0) is 37.0 Å². The summed E-state index contributed by atoms with van der Waals surface area (Å²) in [6.45, 7) is 1.13. The highest BCUT2D eigenvalue weighted by atomic mass is 19.4. The molecule has 1 aliphatic heterocycles. The molecular formula is C16H20F4N2O2. The molecule has 2 atom stereocenters. The smallest absolute Gasteiger partial charge is 0.381 e. The number of carbonyl (C=O) groups is 1. The summed E-state index contributed by atoms with van der Waals surface area (Å²) in [5.74, 6) is -0.549. The van der Waals surface area contributed by atoms with Gasteiger partial charge in [-0.15, -0.1) is 0 Å². The highest BCUT2D eigenvalue weighted by Gasteiger charge is 2.33. The Kier molecular flexibility index (Phi) is 6.42. The zero-order chi connectivity index (χ0) is 17.6. The second-order valence-electron chi connectivity index (χ2n) is 5.78. The Labute approximate surface area is 137 Å². The van der Waals surface area contributed by atoms with Crippen LogP contribution in [0.4, 0.5) is 22.4 Å². The number of benzene rings is 1. The van der Waals surface area contributed by atoms with Crippen molar-refractivity contribution in [3.8, 4) is 0 Å². The van der Waals surface area contributed by atoms with E-state index in [0.29, 0.717) is 26.1 Å². The molecule has 2 amide bonds. The number of halogens is 4. The second kappa shape index (κ2) is 8.32. The number of nitrogens with one attached hydrogen (secondary N) is 2. The molecule has 2 N–H and O–H groups in total. The number of ether oxygens (including phenoxy) is 1. The molecule has 24 heavy (non-hydrogen) atoms. The molecule has 134 valence electrons. The van der Waals surface area contributed by atoms with Gasteiger partial charge in [0.1, 0.15) is 5.82 Å². The summed E-state index contributed by atoms with van der Waals surface area (Å²) >= 11 is 0. The molecule has 1 fully saturated rings. The average Bonchev–Trinajstić information content (AvgIpc) is 2.74. The zero-order valence-corrected chi connectivity index (χ0v) is 13.0. The maximum atomic E-state index is 13.0. The van der Waals surface area contributed by atoms with Crippen molar-refractivity contribution in [3.05, 3.63) is 35.6 Å². The van der Waals surface area contributed by atoms with Gasteiger partial charge >= 0.3 is 12.2 Å². The van der Waals surface area contributed by atoms with Crippen LogP contribution in [0.25, 0.3) is 0 Å². The number of rotatable bonds is 4. The predicted octanol–water partition coefficient (Wildman–Crippen LogP) is 3.69. The quantitative estimate of drug-likeness (QED) is 0.816. The molecule has 1 saturated heterocycles. The van der Waals surface area contributed by atoms with Crippen molar-refractivity contribution in [2.24, 2.45) is 0 Å². The van der Waals surface area contributed by atoms with E-state index >= 15 is 0 Å². The van der Waals surface area contributed by atoms with Gasteiger partial charge in [0.2, 0.25) is 0 Å². The minimum atomic E-state index is -4.46. The SMILES string of the molecule is O=C(N[C@@H]1CCCOCC1)N[C@H](CC(F)(F)F)c1ccc(F)cc1. The largest absolute Gasteiger partial charge is 0.391 e. The van der Waals surface area contributed by atoms with Crippen molar-refractivity contribution in [1.29, 1.82) is 0 Å².